The van der Waals surface area contributed by atoms with E-state index in [4.69, 9.17) is 4.98 Å². The Balaban J connectivity index is 1.85. The van der Waals surface area contributed by atoms with Crippen LogP contribution in [0.2, 0.25) is 0 Å². The van der Waals surface area contributed by atoms with E-state index < -0.39 is 0 Å². The van der Waals surface area contributed by atoms with Gasteiger partial charge >= 0.3 is 0 Å². The van der Waals surface area contributed by atoms with Crippen LogP contribution < -0.4 is 4.90 Å². The van der Waals surface area contributed by atoms with Crippen molar-refractivity contribution >= 4 is 28.2 Å². The Kier molecular flexibility index (Phi) is 2.71. The number of para-hydroxylation sites is 2. The fraction of sp³-hybridized carbons (Fsp3) is 0.111. The molecule has 0 atom stereocenters. The molecule has 2 aromatic carbocycles. The molecule has 1 aromatic heterocycles. The lowest BCUT2D eigenvalue weighted by Gasteiger charge is -2.29. The monoisotopic (exact) mass is 274 g/mol. The van der Waals surface area contributed by atoms with Gasteiger partial charge in [-0.3, -0.25) is 4.79 Å². The van der Waals surface area contributed by atoms with Crippen molar-refractivity contribution < 1.29 is 4.79 Å². The fourth-order valence-electron chi connectivity index (χ4n) is 2.86. The number of aromatic nitrogens is 1. The van der Waals surface area contributed by atoms with Crippen molar-refractivity contribution in [2.45, 2.75) is 6.42 Å². The van der Waals surface area contributed by atoms with Crippen molar-refractivity contribution in [1.29, 1.82) is 0 Å². The van der Waals surface area contributed by atoms with E-state index in [1.54, 1.807) is 0 Å². The van der Waals surface area contributed by atoms with Gasteiger partial charge in [0.15, 0.2) is 5.78 Å². The van der Waals surface area contributed by atoms with Gasteiger partial charge in [-0.05, 0) is 30.3 Å². The second-order valence-corrected chi connectivity index (χ2v) is 5.20. The zero-order valence-electron chi connectivity index (χ0n) is 11.5. The Morgan fingerprint density at radius 2 is 1.71 bits per heavy atom. The van der Waals surface area contributed by atoms with Crippen LogP contribution in [0.3, 0.4) is 0 Å². The molecule has 0 saturated carbocycles. The molecule has 1 aliphatic rings. The minimum absolute atomic E-state index is 0.211. The van der Waals surface area contributed by atoms with Crippen LogP contribution >= 0.6 is 0 Å². The topological polar surface area (TPSA) is 33.2 Å². The third kappa shape index (κ3) is 1.98. The van der Waals surface area contributed by atoms with Crippen molar-refractivity contribution in [3.63, 3.8) is 0 Å². The molecular formula is C18H14N2O. The van der Waals surface area contributed by atoms with E-state index in [0.29, 0.717) is 13.0 Å². The number of fused-ring (bicyclic) bond motifs is 2. The molecule has 0 N–H and O–H groups in total. The van der Waals surface area contributed by atoms with Crippen molar-refractivity contribution in [3.8, 4) is 0 Å². The first-order valence-electron chi connectivity index (χ1n) is 7.08. The lowest BCUT2D eigenvalue weighted by molar-refractivity contribution is 0.0981. The molecule has 3 heteroatoms. The highest BCUT2D eigenvalue weighted by Crippen LogP contribution is 2.32. The number of carbonyl (C=O) groups is 1. The first-order chi connectivity index (χ1) is 10.3. The van der Waals surface area contributed by atoms with E-state index in [2.05, 4.69) is 17.0 Å². The Morgan fingerprint density at radius 3 is 2.67 bits per heavy atom. The first-order valence-corrected chi connectivity index (χ1v) is 7.08. The maximum atomic E-state index is 12.0. The van der Waals surface area contributed by atoms with Gasteiger partial charge in [0.2, 0.25) is 0 Å². The van der Waals surface area contributed by atoms with Gasteiger partial charge in [0.05, 0.1) is 11.2 Å². The predicted octanol–water partition coefficient (Wildman–Crippen LogP) is 3.96. The van der Waals surface area contributed by atoms with Crippen molar-refractivity contribution in [2.75, 3.05) is 11.4 Å². The average molecular weight is 274 g/mol. The Hall–Kier alpha value is -2.68. The van der Waals surface area contributed by atoms with E-state index in [0.717, 1.165) is 28.0 Å². The Bertz CT molecular complexity index is 841. The van der Waals surface area contributed by atoms with E-state index in [1.165, 1.54) is 0 Å². The lowest BCUT2D eigenvalue weighted by Crippen LogP contribution is -2.28. The van der Waals surface area contributed by atoms with Gasteiger partial charge < -0.3 is 4.90 Å². The number of rotatable bonds is 1. The van der Waals surface area contributed by atoms with Crippen LogP contribution in [0.4, 0.5) is 11.5 Å². The van der Waals surface area contributed by atoms with Crippen LogP contribution in [0.25, 0.3) is 10.9 Å². The Morgan fingerprint density at radius 1 is 0.905 bits per heavy atom. The van der Waals surface area contributed by atoms with E-state index in [1.807, 2.05) is 48.5 Å². The normalized spacial score (nSPS) is 14.3. The van der Waals surface area contributed by atoms with Gasteiger partial charge in [0.25, 0.3) is 0 Å². The number of Topliss-reactive ketones (excluding diaryl/α,β-unsaturated/α-hetero) is 1. The molecule has 21 heavy (non-hydrogen) atoms. The van der Waals surface area contributed by atoms with Crippen molar-refractivity contribution in [1.82, 2.24) is 4.98 Å². The molecule has 3 aromatic rings. The van der Waals surface area contributed by atoms with Crippen molar-refractivity contribution in [3.05, 3.63) is 66.2 Å². The first kappa shape index (κ1) is 12.1. The van der Waals surface area contributed by atoms with Gasteiger partial charge in [-0.15, -0.1) is 0 Å². The molecule has 4 rings (SSSR count). The highest BCUT2D eigenvalue weighted by molar-refractivity contribution is 6.04. The van der Waals surface area contributed by atoms with Crippen molar-refractivity contribution in [2.24, 2.45) is 0 Å². The Labute approximate surface area is 122 Å². The summed E-state index contributed by atoms with van der Waals surface area (Å²) in [5.74, 6) is 1.11. The summed E-state index contributed by atoms with van der Waals surface area (Å²) in [6.45, 7) is 0.682. The molecule has 2 heterocycles. The van der Waals surface area contributed by atoms with Crippen LogP contribution in [0.5, 0.6) is 0 Å². The quantitative estimate of drug-likeness (QED) is 0.673. The summed E-state index contributed by atoms with van der Waals surface area (Å²) in [7, 11) is 0. The minimum Gasteiger partial charge on any atom is -0.325 e. The number of hydrogen-bond acceptors (Lipinski definition) is 3. The summed E-state index contributed by atoms with van der Waals surface area (Å²) in [5.41, 5.74) is 2.72. The lowest BCUT2D eigenvalue weighted by atomic mass is 10.0. The molecule has 0 spiro atoms. The zero-order chi connectivity index (χ0) is 14.2. The maximum Gasteiger partial charge on any atom is 0.166 e. The number of benzene rings is 2. The third-order valence-electron chi connectivity index (χ3n) is 3.92. The number of nitrogens with zero attached hydrogens (tertiary/aromatic N) is 2. The van der Waals surface area contributed by atoms with E-state index >= 15 is 0 Å². The zero-order valence-corrected chi connectivity index (χ0v) is 11.5. The molecule has 3 nitrogen and oxygen atoms in total. The molecule has 1 aliphatic heterocycles. The minimum atomic E-state index is 0.211. The molecule has 0 unspecified atom stereocenters. The van der Waals surface area contributed by atoms with Gasteiger partial charge in [-0.25, -0.2) is 4.98 Å². The summed E-state index contributed by atoms with van der Waals surface area (Å²) in [6, 6.07) is 19.9. The third-order valence-corrected chi connectivity index (χ3v) is 3.92. The number of ketones is 1. The van der Waals surface area contributed by atoms with Crippen LogP contribution in [-0.2, 0) is 0 Å². The fourth-order valence-corrected chi connectivity index (χ4v) is 2.86. The smallest absolute Gasteiger partial charge is 0.166 e. The number of pyridine rings is 1. The highest BCUT2D eigenvalue weighted by atomic mass is 16.1. The second kappa shape index (κ2) is 4.70. The summed E-state index contributed by atoms with van der Waals surface area (Å²) in [6.07, 6.45) is 0.533. The van der Waals surface area contributed by atoms with Gasteiger partial charge in [0.1, 0.15) is 5.82 Å². The van der Waals surface area contributed by atoms with Gasteiger partial charge in [0, 0.05) is 23.9 Å². The SMILES string of the molecule is O=C1CCN(c2ccc3ccccc3n2)c2ccccc21. The number of hydrogen-bond donors (Lipinski definition) is 0. The van der Waals surface area contributed by atoms with Crippen LogP contribution in [0.15, 0.2) is 60.7 Å². The molecule has 0 aliphatic carbocycles. The summed E-state index contributed by atoms with van der Waals surface area (Å²) in [5, 5.41) is 1.13. The van der Waals surface area contributed by atoms with Crippen LogP contribution in [-0.4, -0.2) is 17.3 Å². The van der Waals surface area contributed by atoms with Gasteiger partial charge in [-0.2, -0.15) is 0 Å². The molecule has 0 bridgehead atoms. The summed E-state index contributed by atoms with van der Waals surface area (Å²) < 4.78 is 0. The maximum absolute atomic E-state index is 12.0. The molecular weight excluding hydrogens is 260 g/mol. The highest BCUT2D eigenvalue weighted by Gasteiger charge is 2.24. The summed E-state index contributed by atoms with van der Waals surface area (Å²) >= 11 is 0. The molecule has 102 valence electrons. The largest absolute Gasteiger partial charge is 0.325 e. The standard InChI is InChI=1S/C18H14N2O/c21-17-11-12-20(16-8-4-2-6-14(16)17)18-10-9-13-5-1-3-7-15(13)19-18/h1-10H,11-12H2. The predicted molar refractivity (Wildman–Crippen MR) is 84.1 cm³/mol. The number of carbonyl (C=O) groups excluding carboxylic acids is 1. The molecule has 0 radical (unpaired) electrons. The van der Waals surface area contributed by atoms with Crippen LogP contribution in [0, 0.1) is 0 Å². The van der Waals surface area contributed by atoms with Crippen LogP contribution in [0.1, 0.15) is 16.8 Å². The molecule has 0 amide bonds. The second-order valence-electron chi connectivity index (χ2n) is 5.20. The average Bonchev–Trinajstić information content (AvgIpc) is 2.55. The van der Waals surface area contributed by atoms with Gasteiger partial charge in [-0.1, -0.05) is 30.3 Å². The molecule has 0 saturated heterocycles. The van der Waals surface area contributed by atoms with E-state index in [-0.39, 0.29) is 5.78 Å². The van der Waals surface area contributed by atoms with E-state index in [9.17, 15) is 4.79 Å². The summed E-state index contributed by atoms with van der Waals surface area (Å²) in [4.78, 5) is 18.9. The number of anilines is 2. The molecule has 0 fully saturated rings.